The number of aromatic carboxylic acids is 1. The third-order valence-corrected chi connectivity index (χ3v) is 2.63. The molecule has 0 spiro atoms. The minimum Gasteiger partial charge on any atom is -0.478 e. The predicted octanol–water partition coefficient (Wildman–Crippen LogP) is 1.89. The summed E-state index contributed by atoms with van der Waals surface area (Å²) in [6.45, 7) is 0. The molecular formula is C9H9ClN2O2. The summed E-state index contributed by atoms with van der Waals surface area (Å²) in [5.41, 5.74) is 6.30. The van der Waals surface area contributed by atoms with E-state index in [0.717, 1.165) is 18.5 Å². The number of aromatic nitrogens is 1. The van der Waals surface area contributed by atoms with Gasteiger partial charge in [-0.3, -0.25) is 0 Å². The molecule has 1 aromatic rings. The van der Waals surface area contributed by atoms with E-state index in [1.54, 1.807) is 0 Å². The number of hydrogen-bond donors (Lipinski definition) is 2. The molecule has 0 aliphatic heterocycles. The Morgan fingerprint density at radius 1 is 1.64 bits per heavy atom. The maximum absolute atomic E-state index is 10.8. The van der Waals surface area contributed by atoms with E-state index in [1.165, 1.54) is 6.07 Å². The summed E-state index contributed by atoms with van der Waals surface area (Å²) in [5.74, 6) is -0.591. The summed E-state index contributed by atoms with van der Waals surface area (Å²) in [6, 6.07) is 1.51. The van der Waals surface area contributed by atoms with Crippen LogP contribution in [-0.2, 0) is 0 Å². The number of pyridine rings is 1. The predicted molar refractivity (Wildman–Crippen MR) is 52.6 cm³/mol. The normalized spacial score (nSPS) is 15.5. The summed E-state index contributed by atoms with van der Waals surface area (Å²) in [5, 5.41) is 8.88. The highest BCUT2D eigenvalue weighted by Gasteiger charge is 2.27. The summed E-state index contributed by atoms with van der Waals surface area (Å²) in [4.78, 5) is 14.9. The molecule has 1 fully saturated rings. The van der Waals surface area contributed by atoms with Gasteiger partial charge in [0.05, 0.1) is 10.6 Å². The summed E-state index contributed by atoms with van der Waals surface area (Å²) >= 11 is 5.72. The number of nitrogens with two attached hydrogens (primary N) is 1. The Bertz CT molecular complexity index is 402. The van der Waals surface area contributed by atoms with Crippen molar-refractivity contribution in [2.45, 2.75) is 18.8 Å². The van der Waals surface area contributed by atoms with Crippen molar-refractivity contribution in [1.29, 1.82) is 0 Å². The van der Waals surface area contributed by atoms with Crippen LogP contribution in [0.4, 0.5) is 5.82 Å². The molecule has 1 aromatic heterocycles. The van der Waals surface area contributed by atoms with Crippen LogP contribution in [-0.4, -0.2) is 16.1 Å². The second kappa shape index (κ2) is 3.13. The van der Waals surface area contributed by atoms with Gasteiger partial charge in [0.25, 0.3) is 0 Å². The van der Waals surface area contributed by atoms with Gasteiger partial charge in [0.1, 0.15) is 5.82 Å². The van der Waals surface area contributed by atoms with E-state index >= 15 is 0 Å². The van der Waals surface area contributed by atoms with E-state index in [-0.39, 0.29) is 16.4 Å². The van der Waals surface area contributed by atoms with Crippen LogP contribution in [0, 0.1) is 0 Å². The number of nitrogens with zero attached hydrogens (tertiary/aromatic N) is 1. The van der Waals surface area contributed by atoms with Crippen molar-refractivity contribution in [3.8, 4) is 0 Å². The van der Waals surface area contributed by atoms with Gasteiger partial charge in [-0.1, -0.05) is 11.6 Å². The van der Waals surface area contributed by atoms with E-state index < -0.39 is 5.97 Å². The Morgan fingerprint density at radius 2 is 2.29 bits per heavy atom. The average molecular weight is 213 g/mol. The van der Waals surface area contributed by atoms with Gasteiger partial charge in [-0.25, -0.2) is 9.78 Å². The number of anilines is 1. The van der Waals surface area contributed by atoms with Crippen LogP contribution in [0.3, 0.4) is 0 Å². The molecule has 1 aliphatic carbocycles. The number of carboxylic acid groups (broad SMARTS) is 1. The molecule has 14 heavy (non-hydrogen) atoms. The molecule has 0 bridgehead atoms. The van der Waals surface area contributed by atoms with Crippen LogP contribution in [0.2, 0.25) is 5.02 Å². The van der Waals surface area contributed by atoms with E-state index in [2.05, 4.69) is 4.98 Å². The van der Waals surface area contributed by atoms with Gasteiger partial charge in [-0.05, 0) is 18.9 Å². The molecule has 0 atom stereocenters. The standard InChI is InChI=1S/C9H9ClN2O2/c10-7-5(9(13)14)3-6(4-1-2-4)12-8(7)11/h3-4H,1-2H2,(H2,11,12)(H,13,14). The first-order valence-electron chi connectivity index (χ1n) is 4.29. The molecule has 1 aliphatic rings. The van der Waals surface area contributed by atoms with E-state index in [9.17, 15) is 4.79 Å². The molecule has 1 heterocycles. The maximum atomic E-state index is 10.8. The topological polar surface area (TPSA) is 76.2 Å². The molecular weight excluding hydrogens is 204 g/mol. The number of carboxylic acids is 1. The SMILES string of the molecule is Nc1nc(C2CC2)cc(C(=O)O)c1Cl. The minimum atomic E-state index is -1.06. The lowest BCUT2D eigenvalue weighted by molar-refractivity contribution is 0.0697. The largest absolute Gasteiger partial charge is 0.478 e. The smallest absolute Gasteiger partial charge is 0.337 e. The molecule has 0 amide bonds. The molecule has 3 N–H and O–H groups in total. The molecule has 74 valence electrons. The zero-order valence-electron chi connectivity index (χ0n) is 7.33. The van der Waals surface area contributed by atoms with Gasteiger partial charge in [-0.2, -0.15) is 0 Å². The van der Waals surface area contributed by atoms with Crippen LogP contribution in [0.25, 0.3) is 0 Å². The van der Waals surface area contributed by atoms with Gasteiger partial charge < -0.3 is 10.8 Å². The molecule has 4 nitrogen and oxygen atoms in total. The lowest BCUT2D eigenvalue weighted by atomic mass is 10.1. The fourth-order valence-electron chi connectivity index (χ4n) is 1.31. The first kappa shape index (κ1) is 9.27. The van der Waals surface area contributed by atoms with Gasteiger partial charge in [0.15, 0.2) is 0 Å². The zero-order chi connectivity index (χ0) is 10.3. The van der Waals surface area contributed by atoms with Crippen molar-refractivity contribution in [3.63, 3.8) is 0 Å². The fraction of sp³-hybridized carbons (Fsp3) is 0.333. The highest BCUT2D eigenvalue weighted by atomic mass is 35.5. The Kier molecular flexibility index (Phi) is 2.07. The van der Waals surface area contributed by atoms with Crippen LogP contribution in [0.15, 0.2) is 6.07 Å². The van der Waals surface area contributed by atoms with E-state index in [4.69, 9.17) is 22.4 Å². The number of carbonyl (C=O) groups is 1. The molecule has 1 saturated carbocycles. The third kappa shape index (κ3) is 1.53. The molecule has 0 unspecified atom stereocenters. The van der Waals surface area contributed by atoms with Crippen LogP contribution in [0.1, 0.15) is 34.8 Å². The summed E-state index contributed by atoms with van der Waals surface area (Å²) in [6.07, 6.45) is 2.10. The Hall–Kier alpha value is -1.29. The first-order valence-corrected chi connectivity index (χ1v) is 4.66. The Morgan fingerprint density at radius 3 is 2.79 bits per heavy atom. The monoisotopic (exact) mass is 212 g/mol. The second-order valence-corrected chi connectivity index (χ2v) is 3.75. The van der Waals surface area contributed by atoms with Crippen molar-refractivity contribution in [2.24, 2.45) is 0 Å². The van der Waals surface area contributed by atoms with Crippen molar-refractivity contribution < 1.29 is 9.90 Å². The number of nitrogen functional groups attached to an aromatic ring is 1. The highest BCUT2D eigenvalue weighted by molar-refractivity contribution is 6.35. The van der Waals surface area contributed by atoms with Crippen LogP contribution >= 0.6 is 11.6 Å². The second-order valence-electron chi connectivity index (χ2n) is 3.37. The third-order valence-electron chi connectivity index (χ3n) is 2.23. The van der Waals surface area contributed by atoms with E-state index in [0.29, 0.717) is 5.92 Å². The van der Waals surface area contributed by atoms with Crippen molar-refractivity contribution >= 4 is 23.4 Å². The van der Waals surface area contributed by atoms with Gasteiger partial charge in [0, 0.05) is 11.6 Å². The summed E-state index contributed by atoms with van der Waals surface area (Å²) < 4.78 is 0. The number of halogens is 1. The Labute approximate surface area is 85.7 Å². The number of hydrogen-bond acceptors (Lipinski definition) is 3. The molecule has 5 heteroatoms. The van der Waals surface area contributed by atoms with Crippen molar-refractivity contribution in [3.05, 3.63) is 22.3 Å². The van der Waals surface area contributed by atoms with Crippen molar-refractivity contribution in [1.82, 2.24) is 4.98 Å². The molecule has 0 saturated heterocycles. The first-order chi connectivity index (χ1) is 6.59. The van der Waals surface area contributed by atoms with Crippen LogP contribution < -0.4 is 5.73 Å². The fourth-order valence-corrected chi connectivity index (χ4v) is 1.49. The van der Waals surface area contributed by atoms with E-state index in [1.807, 2.05) is 0 Å². The van der Waals surface area contributed by atoms with Crippen LogP contribution in [0.5, 0.6) is 0 Å². The zero-order valence-corrected chi connectivity index (χ0v) is 8.08. The average Bonchev–Trinajstić information content (AvgIpc) is 2.91. The van der Waals surface area contributed by atoms with Gasteiger partial charge >= 0.3 is 5.97 Å². The maximum Gasteiger partial charge on any atom is 0.337 e. The van der Waals surface area contributed by atoms with Crippen molar-refractivity contribution in [2.75, 3.05) is 5.73 Å². The molecule has 2 rings (SSSR count). The highest BCUT2D eigenvalue weighted by Crippen LogP contribution is 2.40. The summed E-state index contributed by atoms with van der Waals surface area (Å²) in [7, 11) is 0. The van der Waals surface area contributed by atoms with Gasteiger partial charge in [0.2, 0.25) is 0 Å². The molecule has 0 aromatic carbocycles. The quantitative estimate of drug-likeness (QED) is 0.785. The minimum absolute atomic E-state index is 0.0295. The van der Waals surface area contributed by atoms with Gasteiger partial charge in [-0.15, -0.1) is 0 Å². The number of rotatable bonds is 2. The lowest BCUT2D eigenvalue weighted by Crippen LogP contribution is -2.04. The molecule has 0 radical (unpaired) electrons. The Balaban J connectivity index is 2.51. The lowest BCUT2D eigenvalue weighted by Gasteiger charge is -2.05.